The lowest BCUT2D eigenvalue weighted by Crippen LogP contribution is -2.51. The second-order valence-electron chi connectivity index (χ2n) is 18.3. The van der Waals surface area contributed by atoms with Gasteiger partial charge >= 0.3 is 24.3 Å². The Labute approximate surface area is 291 Å². The summed E-state index contributed by atoms with van der Waals surface area (Å²) >= 11 is 0. The highest BCUT2D eigenvalue weighted by molar-refractivity contribution is 5.90. The minimum atomic E-state index is -5.39. The van der Waals surface area contributed by atoms with Gasteiger partial charge in [-0.25, -0.2) is 4.79 Å². The number of carbonyl (C=O) groups excluding carboxylic acids is 3. The number of esters is 3. The molecule has 3 aliphatic rings. The maximum atomic E-state index is 14.1. The number of rotatable bonds is 12. The summed E-state index contributed by atoms with van der Waals surface area (Å²) in [4.78, 5) is 45.0. The first-order valence-corrected chi connectivity index (χ1v) is 17.4. The van der Waals surface area contributed by atoms with Gasteiger partial charge in [0.2, 0.25) is 0 Å². The number of alkyl halides is 3. The van der Waals surface area contributed by atoms with Crippen molar-refractivity contribution < 1.29 is 46.5 Å². The quantitative estimate of drug-likeness (QED) is 0.196. The summed E-state index contributed by atoms with van der Waals surface area (Å²) in [5.41, 5.74) is -5.02. The van der Waals surface area contributed by atoms with Crippen molar-refractivity contribution in [3.05, 3.63) is 0 Å². The van der Waals surface area contributed by atoms with Gasteiger partial charge in [-0.2, -0.15) is 0 Å². The van der Waals surface area contributed by atoms with Crippen LogP contribution in [0.3, 0.4) is 0 Å². The van der Waals surface area contributed by atoms with Crippen molar-refractivity contribution in [3.63, 3.8) is 0 Å². The number of hydrogen-bond acceptors (Lipinski definition) is 10. The zero-order chi connectivity index (χ0) is 37.8. The van der Waals surface area contributed by atoms with Crippen LogP contribution in [0.5, 0.6) is 0 Å². The summed E-state index contributed by atoms with van der Waals surface area (Å²) in [6.07, 6.45) is -5.84. The highest BCUT2D eigenvalue weighted by Gasteiger charge is 2.56. The van der Waals surface area contributed by atoms with E-state index in [1.54, 1.807) is 0 Å². The Kier molecular flexibility index (Phi) is 11.5. The topological polar surface area (TPSA) is 107 Å². The van der Waals surface area contributed by atoms with Gasteiger partial charge in [-0.3, -0.25) is 24.1 Å². The van der Waals surface area contributed by atoms with Gasteiger partial charge in [0.1, 0.15) is 0 Å². The summed E-state index contributed by atoms with van der Waals surface area (Å²) in [5.74, 6) is -4.22. The molecule has 0 amide bonds. The largest absolute Gasteiger partial charge is 0.523 e. The Balaban J connectivity index is 1.87. The van der Waals surface area contributed by atoms with Crippen molar-refractivity contribution in [2.75, 3.05) is 33.9 Å². The number of halogens is 3. The molecule has 3 heterocycles. The van der Waals surface area contributed by atoms with Gasteiger partial charge in [0, 0.05) is 51.0 Å². The second-order valence-corrected chi connectivity index (χ2v) is 18.3. The molecule has 0 aromatic carbocycles. The van der Waals surface area contributed by atoms with E-state index < -0.39 is 48.3 Å². The Bertz CT molecular complexity index is 1190. The second kappa shape index (κ2) is 13.5. The molecule has 3 fully saturated rings. The molecule has 0 aliphatic carbocycles. The highest BCUT2D eigenvalue weighted by atomic mass is 19.4. The van der Waals surface area contributed by atoms with Gasteiger partial charge in [0.05, 0.1) is 32.7 Å². The Morgan fingerprint density at radius 3 is 1.35 bits per heavy atom. The van der Waals surface area contributed by atoms with E-state index in [9.17, 15) is 27.6 Å². The molecule has 49 heavy (non-hydrogen) atoms. The third-order valence-corrected chi connectivity index (χ3v) is 12.3. The van der Waals surface area contributed by atoms with Crippen molar-refractivity contribution in [3.8, 4) is 0 Å². The summed E-state index contributed by atoms with van der Waals surface area (Å²) in [5, 5.41) is 3.44. The molecule has 1 N–H and O–H groups in total. The van der Waals surface area contributed by atoms with Crippen LogP contribution in [-0.4, -0.2) is 107 Å². The maximum absolute atomic E-state index is 14.1. The van der Waals surface area contributed by atoms with Crippen LogP contribution in [0.15, 0.2) is 0 Å². The Hall–Kier alpha value is -1.96. The van der Waals surface area contributed by atoms with Crippen molar-refractivity contribution in [1.82, 2.24) is 15.1 Å². The molecule has 3 aliphatic heterocycles. The van der Waals surface area contributed by atoms with E-state index >= 15 is 0 Å². The third kappa shape index (κ3) is 9.29. The summed E-state index contributed by atoms with van der Waals surface area (Å²) in [6.45, 7) is 23.7. The van der Waals surface area contributed by atoms with Crippen LogP contribution in [-0.2, 0) is 33.3 Å². The predicted octanol–water partition coefficient (Wildman–Crippen LogP) is 5.86. The molecule has 0 saturated carbocycles. The minimum Gasteiger partial charge on any atom is -0.465 e. The third-order valence-electron chi connectivity index (χ3n) is 12.3. The molecule has 284 valence electrons. The number of carbonyl (C=O) groups is 3. The average molecular weight is 706 g/mol. The van der Waals surface area contributed by atoms with Gasteiger partial charge in [0.15, 0.2) is 5.60 Å². The van der Waals surface area contributed by atoms with Gasteiger partial charge in [-0.05, 0) is 116 Å². The minimum absolute atomic E-state index is 0.0850. The predicted molar refractivity (Wildman–Crippen MR) is 179 cm³/mol. The molecule has 10 nitrogen and oxygen atoms in total. The van der Waals surface area contributed by atoms with Gasteiger partial charge in [0.25, 0.3) is 0 Å². The number of nitrogens with one attached hydrogen (secondary N) is 1. The van der Waals surface area contributed by atoms with E-state index in [4.69, 9.17) is 14.2 Å². The molecule has 3 rings (SSSR count). The first-order chi connectivity index (χ1) is 21.9. The molecule has 0 aromatic rings. The zero-order valence-corrected chi connectivity index (χ0v) is 32.3. The number of hydrogen-bond donors (Lipinski definition) is 1. The molecule has 0 bridgehead atoms. The van der Waals surface area contributed by atoms with Crippen LogP contribution < -0.4 is 5.32 Å². The normalized spacial score (nSPS) is 29.7. The van der Waals surface area contributed by atoms with Crippen molar-refractivity contribution in [2.24, 2.45) is 17.8 Å². The highest BCUT2D eigenvalue weighted by Crippen LogP contribution is 2.45. The molecule has 3 saturated heterocycles. The number of ether oxygens (including phenoxy) is 4. The standard InChI is InChI=1S/C36H62F3N3O7/c1-29(2)15-23(32(7,8)40-29)20-48-28(45)35(49-36(37,38)39,18-26(43)46-21-24-16-30(3,4)41(13)33(24,9)10)19-27(44)47-22-25-17-31(5,6)42(14)34(25,11)12/h23-25,40H,15-22H2,1-14H3. The van der Waals surface area contributed by atoms with Gasteiger partial charge < -0.3 is 19.5 Å². The molecule has 0 aromatic heterocycles. The number of nitrogens with zero attached hydrogens (tertiary/aromatic N) is 2. The van der Waals surface area contributed by atoms with Crippen LogP contribution in [0.4, 0.5) is 13.2 Å². The summed E-state index contributed by atoms with van der Waals surface area (Å²) in [7, 11) is 3.94. The average Bonchev–Trinajstić information content (AvgIpc) is 3.30. The van der Waals surface area contributed by atoms with E-state index in [1.807, 2.05) is 69.5 Å². The van der Waals surface area contributed by atoms with Crippen molar-refractivity contribution >= 4 is 17.9 Å². The van der Waals surface area contributed by atoms with E-state index in [-0.39, 0.29) is 65.3 Å². The smallest absolute Gasteiger partial charge is 0.465 e. The molecular formula is C36H62F3N3O7. The molecule has 3 atom stereocenters. The van der Waals surface area contributed by atoms with Crippen LogP contribution in [0, 0.1) is 17.8 Å². The summed E-state index contributed by atoms with van der Waals surface area (Å²) in [6, 6.07) is 0. The van der Waals surface area contributed by atoms with E-state index in [0.29, 0.717) is 19.3 Å². The lowest BCUT2D eigenvalue weighted by molar-refractivity contribution is -0.363. The maximum Gasteiger partial charge on any atom is 0.523 e. The van der Waals surface area contributed by atoms with Crippen LogP contribution in [0.1, 0.15) is 115 Å². The lowest BCUT2D eigenvalue weighted by Gasteiger charge is -2.38. The van der Waals surface area contributed by atoms with Crippen molar-refractivity contribution in [1.29, 1.82) is 0 Å². The summed E-state index contributed by atoms with van der Waals surface area (Å²) < 4.78 is 63.5. The van der Waals surface area contributed by atoms with Crippen molar-refractivity contribution in [2.45, 2.75) is 160 Å². The molecule has 0 radical (unpaired) electrons. The fraction of sp³-hybridized carbons (Fsp3) is 0.917. The Morgan fingerprint density at radius 2 is 1.04 bits per heavy atom. The first kappa shape index (κ1) is 41.5. The SMILES string of the molecule is CN1C(C)(C)CC(COC(=O)CC(CC(=O)OCC2CC(C)(C)N(C)C2(C)C)(OC(F)(F)F)C(=O)OCC2CC(C)(C)NC2(C)C)C1(C)C. The molecule has 13 heteroatoms. The van der Waals surface area contributed by atoms with E-state index in [2.05, 4.69) is 47.5 Å². The lowest BCUT2D eigenvalue weighted by atomic mass is 9.87. The van der Waals surface area contributed by atoms with Crippen LogP contribution in [0.2, 0.25) is 0 Å². The number of likely N-dealkylation sites (tertiary alicyclic amines) is 2. The molecule has 0 spiro atoms. The zero-order valence-electron chi connectivity index (χ0n) is 32.3. The molecular weight excluding hydrogens is 643 g/mol. The van der Waals surface area contributed by atoms with Crippen LogP contribution >= 0.6 is 0 Å². The van der Waals surface area contributed by atoms with Gasteiger partial charge in [-0.15, -0.1) is 13.2 Å². The first-order valence-electron chi connectivity index (χ1n) is 17.4. The Morgan fingerprint density at radius 1 is 0.653 bits per heavy atom. The fourth-order valence-electron chi connectivity index (χ4n) is 8.58. The molecule has 3 unspecified atom stereocenters. The van der Waals surface area contributed by atoms with Crippen LogP contribution in [0.25, 0.3) is 0 Å². The fourth-order valence-corrected chi connectivity index (χ4v) is 8.58. The van der Waals surface area contributed by atoms with E-state index in [0.717, 1.165) is 0 Å². The van der Waals surface area contributed by atoms with Gasteiger partial charge in [-0.1, -0.05) is 0 Å². The monoisotopic (exact) mass is 705 g/mol. The van der Waals surface area contributed by atoms with E-state index in [1.165, 1.54) is 0 Å².